The van der Waals surface area contributed by atoms with Crippen LogP contribution in [-0.4, -0.2) is 57.0 Å². The second-order valence-electron chi connectivity index (χ2n) is 9.38. The number of piperazine rings is 1. The normalized spacial score (nSPS) is 17.8. The molecule has 9 heteroatoms. The molecule has 0 unspecified atom stereocenters. The van der Waals surface area contributed by atoms with Crippen LogP contribution in [0.25, 0.3) is 22.9 Å². The highest BCUT2D eigenvalue weighted by molar-refractivity contribution is 5.65. The first-order valence-electron chi connectivity index (χ1n) is 12.7. The Morgan fingerprint density at radius 2 is 1.84 bits per heavy atom. The molecule has 1 amide bonds. The molecule has 4 heterocycles. The molecule has 3 aromatic rings. The predicted octanol–water partition coefficient (Wildman–Crippen LogP) is 5.39. The van der Waals surface area contributed by atoms with Crippen molar-refractivity contribution in [2.75, 3.05) is 26.2 Å². The lowest BCUT2D eigenvalue weighted by molar-refractivity contribution is 0.103. The van der Waals surface area contributed by atoms with Crippen LogP contribution >= 0.6 is 0 Å². The van der Waals surface area contributed by atoms with Crippen molar-refractivity contribution in [3.8, 4) is 17.1 Å². The summed E-state index contributed by atoms with van der Waals surface area (Å²) in [5.41, 5.74) is 4.71. The number of ether oxygens (including phenoxy) is 2. The number of hydrogen-bond acceptors (Lipinski definition) is 6. The average Bonchev–Trinajstić information content (AvgIpc) is 3.65. The standard InChI is InChI=1S/C29H28N4O5/c34-29(35)32-14-12-31(13-15-32)17-23-18-33(30-28(23)25-7-4-16-37-25)24-10-8-22(9-11-24)27-20-36-19-26(38-27)21-5-2-1-3-6-21/h1-2,4-5,7-11,16,18-20H,3,6,12-15,17H2,(H,34,35). The van der Waals surface area contributed by atoms with Gasteiger partial charge in [0.1, 0.15) is 18.2 Å². The number of allylic oxidation sites excluding steroid dienone is 4. The fourth-order valence-corrected chi connectivity index (χ4v) is 4.80. The zero-order valence-electron chi connectivity index (χ0n) is 20.8. The molecule has 194 valence electrons. The van der Waals surface area contributed by atoms with Crippen molar-refractivity contribution >= 4 is 11.9 Å². The fourth-order valence-electron chi connectivity index (χ4n) is 4.80. The van der Waals surface area contributed by atoms with Gasteiger partial charge in [0.15, 0.2) is 17.3 Å². The van der Waals surface area contributed by atoms with E-state index in [1.807, 2.05) is 53.4 Å². The molecule has 0 atom stereocenters. The summed E-state index contributed by atoms with van der Waals surface area (Å²) in [4.78, 5) is 15.0. The fraction of sp³-hybridized carbons (Fsp3) is 0.241. The summed E-state index contributed by atoms with van der Waals surface area (Å²) >= 11 is 0. The van der Waals surface area contributed by atoms with E-state index in [1.165, 1.54) is 4.90 Å². The van der Waals surface area contributed by atoms with Crippen LogP contribution in [0.3, 0.4) is 0 Å². The minimum absolute atomic E-state index is 0.494. The van der Waals surface area contributed by atoms with Gasteiger partial charge < -0.3 is 23.9 Å². The third kappa shape index (κ3) is 5.01. The monoisotopic (exact) mass is 512 g/mol. The number of aromatic nitrogens is 2. The van der Waals surface area contributed by atoms with E-state index in [1.54, 1.807) is 18.8 Å². The summed E-state index contributed by atoms with van der Waals surface area (Å²) in [5.74, 6) is 2.09. The first kappa shape index (κ1) is 23.9. The maximum absolute atomic E-state index is 11.3. The molecule has 0 spiro atoms. The van der Waals surface area contributed by atoms with E-state index in [-0.39, 0.29) is 0 Å². The molecule has 9 nitrogen and oxygen atoms in total. The minimum Gasteiger partial charge on any atom is -0.465 e. The van der Waals surface area contributed by atoms with E-state index >= 15 is 0 Å². The molecular weight excluding hydrogens is 484 g/mol. The van der Waals surface area contributed by atoms with Crippen LogP contribution < -0.4 is 0 Å². The van der Waals surface area contributed by atoms with Gasteiger partial charge >= 0.3 is 6.09 Å². The van der Waals surface area contributed by atoms with Crippen molar-refractivity contribution in [3.63, 3.8) is 0 Å². The Morgan fingerprint density at radius 3 is 2.55 bits per heavy atom. The third-order valence-corrected chi connectivity index (χ3v) is 6.90. The van der Waals surface area contributed by atoms with Gasteiger partial charge in [-0.05, 0) is 54.8 Å². The van der Waals surface area contributed by atoms with Crippen molar-refractivity contribution in [2.24, 2.45) is 0 Å². The smallest absolute Gasteiger partial charge is 0.407 e. The summed E-state index contributed by atoms with van der Waals surface area (Å²) in [6, 6.07) is 11.7. The lowest BCUT2D eigenvalue weighted by atomic mass is 10.0. The topological polar surface area (TPSA) is 93.2 Å². The Labute approximate surface area is 220 Å². The second kappa shape index (κ2) is 10.5. The zero-order valence-corrected chi connectivity index (χ0v) is 20.8. The molecule has 6 rings (SSSR count). The van der Waals surface area contributed by atoms with Gasteiger partial charge in [0, 0.05) is 50.0 Å². The summed E-state index contributed by atoms with van der Waals surface area (Å²) in [6.45, 7) is 2.98. The molecule has 1 aromatic carbocycles. The molecule has 1 N–H and O–H groups in total. The molecular formula is C29H28N4O5. The molecule has 1 saturated heterocycles. The molecule has 2 aliphatic heterocycles. The van der Waals surface area contributed by atoms with E-state index in [2.05, 4.69) is 17.1 Å². The second-order valence-corrected chi connectivity index (χ2v) is 9.38. The van der Waals surface area contributed by atoms with Crippen LogP contribution in [0.2, 0.25) is 0 Å². The number of amides is 1. The molecule has 0 saturated carbocycles. The minimum atomic E-state index is -0.867. The molecule has 0 bridgehead atoms. The SMILES string of the molecule is O=C(O)N1CCN(Cc2cn(-c3ccc(C4=COC=C(C5=CC=CCC5)O4)cc3)nc2-c2ccco2)CC1. The highest BCUT2D eigenvalue weighted by Gasteiger charge is 2.23. The van der Waals surface area contributed by atoms with Gasteiger partial charge in [-0.1, -0.05) is 18.2 Å². The van der Waals surface area contributed by atoms with Crippen molar-refractivity contribution in [1.82, 2.24) is 19.6 Å². The van der Waals surface area contributed by atoms with Crippen LogP contribution in [0.1, 0.15) is 24.0 Å². The number of carbonyl (C=O) groups is 1. The molecule has 1 aliphatic carbocycles. The maximum Gasteiger partial charge on any atom is 0.407 e. The quantitative estimate of drug-likeness (QED) is 0.473. The highest BCUT2D eigenvalue weighted by Crippen LogP contribution is 2.31. The number of carboxylic acid groups (broad SMARTS) is 1. The van der Waals surface area contributed by atoms with Crippen LogP contribution in [0.15, 0.2) is 95.4 Å². The van der Waals surface area contributed by atoms with Gasteiger partial charge in [0.2, 0.25) is 0 Å². The van der Waals surface area contributed by atoms with Crippen molar-refractivity contribution in [3.05, 3.63) is 102 Å². The van der Waals surface area contributed by atoms with E-state index < -0.39 is 6.09 Å². The van der Waals surface area contributed by atoms with Crippen LogP contribution in [-0.2, 0) is 16.0 Å². The molecule has 3 aliphatic rings. The number of benzene rings is 1. The lowest BCUT2D eigenvalue weighted by Gasteiger charge is -2.32. The van der Waals surface area contributed by atoms with Gasteiger partial charge in [-0.15, -0.1) is 0 Å². The number of furan rings is 1. The number of rotatable bonds is 6. The van der Waals surface area contributed by atoms with Gasteiger partial charge in [0.05, 0.1) is 12.0 Å². The van der Waals surface area contributed by atoms with E-state index in [9.17, 15) is 9.90 Å². The number of hydrogen-bond donors (Lipinski definition) is 1. The van der Waals surface area contributed by atoms with Gasteiger partial charge in [-0.25, -0.2) is 9.48 Å². The first-order chi connectivity index (χ1) is 18.6. The molecule has 0 radical (unpaired) electrons. The summed E-state index contributed by atoms with van der Waals surface area (Å²) in [7, 11) is 0. The molecule has 2 aromatic heterocycles. The zero-order chi connectivity index (χ0) is 25.9. The largest absolute Gasteiger partial charge is 0.465 e. The average molecular weight is 513 g/mol. The Kier molecular flexibility index (Phi) is 6.58. The van der Waals surface area contributed by atoms with E-state index in [0.29, 0.717) is 44.2 Å². The van der Waals surface area contributed by atoms with E-state index in [4.69, 9.17) is 19.0 Å². The highest BCUT2D eigenvalue weighted by atomic mass is 16.5. The Bertz CT molecular complexity index is 1420. The van der Waals surface area contributed by atoms with Gasteiger partial charge in [0.25, 0.3) is 0 Å². The first-order valence-corrected chi connectivity index (χ1v) is 12.7. The maximum atomic E-state index is 11.3. The van der Waals surface area contributed by atoms with Crippen LogP contribution in [0.4, 0.5) is 4.79 Å². The van der Waals surface area contributed by atoms with Crippen molar-refractivity contribution in [1.29, 1.82) is 0 Å². The lowest BCUT2D eigenvalue weighted by Crippen LogP contribution is -2.47. The summed E-state index contributed by atoms with van der Waals surface area (Å²) in [5, 5.41) is 14.1. The number of nitrogens with zero attached hydrogens (tertiary/aromatic N) is 4. The van der Waals surface area contributed by atoms with Crippen molar-refractivity contribution < 1.29 is 23.8 Å². The Hall–Kier alpha value is -4.50. The van der Waals surface area contributed by atoms with Crippen molar-refractivity contribution in [2.45, 2.75) is 19.4 Å². The van der Waals surface area contributed by atoms with Gasteiger partial charge in [-0.2, -0.15) is 5.10 Å². The Morgan fingerprint density at radius 1 is 1.03 bits per heavy atom. The molecule has 38 heavy (non-hydrogen) atoms. The van der Waals surface area contributed by atoms with E-state index in [0.717, 1.165) is 46.7 Å². The summed E-state index contributed by atoms with van der Waals surface area (Å²) < 4.78 is 19.3. The van der Waals surface area contributed by atoms with Crippen LogP contribution in [0.5, 0.6) is 0 Å². The van der Waals surface area contributed by atoms with Gasteiger partial charge in [-0.3, -0.25) is 4.90 Å². The summed E-state index contributed by atoms with van der Waals surface area (Å²) in [6.07, 6.45) is 14.2. The van der Waals surface area contributed by atoms with Crippen LogP contribution in [0, 0.1) is 0 Å². The molecule has 1 fully saturated rings. The Balaban J connectivity index is 1.20. The predicted molar refractivity (Wildman–Crippen MR) is 141 cm³/mol. The third-order valence-electron chi connectivity index (χ3n) is 6.90.